The van der Waals surface area contributed by atoms with E-state index in [-0.39, 0.29) is 24.5 Å². The topological polar surface area (TPSA) is 105 Å². The van der Waals surface area contributed by atoms with Crippen molar-refractivity contribution in [3.63, 3.8) is 0 Å². The van der Waals surface area contributed by atoms with Crippen LogP contribution >= 0.6 is 0 Å². The van der Waals surface area contributed by atoms with Crippen LogP contribution in [0.2, 0.25) is 0 Å². The van der Waals surface area contributed by atoms with Crippen molar-refractivity contribution in [1.82, 2.24) is 10.6 Å². The molecule has 0 aliphatic heterocycles. The summed E-state index contributed by atoms with van der Waals surface area (Å²) < 4.78 is 5.54. The molecule has 168 valence electrons. The fraction of sp³-hybridized carbons (Fsp3) is 0.400. The third kappa shape index (κ3) is 4.33. The predicted octanol–water partition coefficient (Wildman–Crippen LogP) is 3.67. The maximum absolute atomic E-state index is 12.7. The molecule has 2 atom stereocenters. The molecule has 2 aliphatic rings. The SMILES string of the molecule is CC(C)(NC(=O)OCC1c2ccccc2-c2ccccc21)C(=O)N[C@@H]1CC[C@H](C(=O)O)C1. The van der Waals surface area contributed by atoms with Gasteiger partial charge in [-0.3, -0.25) is 9.59 Å². The van der Waals surface area contributed by atoms with Crippen molar-refractivity contribution in [2.24, 2.45) is 5.92 Å². The van der Waals surface area contributed by atoms with Crippen molar-refractivity contribution >= 4 is 18.0 Å². The fourth-order valence-electron chi connectivity index (χ4n) is 4.65. The van der Waals surface area contributed by atoms with Crippen LogP contribution in [-0.4, -0.2) is 41.3 Å². The van der Waals surface area contributed by atoms with Gasteiger partial charge in [-0.2, -0.15) is 0 Å². The third-order valence-electron chi connectivity index (χ3n) is 6.44. The number of hydrogen-bond donors (Lipinski definition) is 3. The second kappa shape index (κ2) is 8.65. The lowest BCUT2D eigenvalue weighted by atomic mass is 9.98. The van der Waals surface area contributed by atoms with Crippen LogP contribution in [0.25, 0.3) is 11.1 Å². The maximum atomic E-state index is 12.7. The van der Waals surface area contributed by atoms with Gasteiger partial charge in [0.25, 0.3) is 0 Å². The zero-order valence-corrected chi connectivity index (χ0v) is 18.3. The molecule has 1 fully saturated rings. The minimum Gasteiger partial charge on any atom is -0.481 e. The summed E-state index contributed by atoms with van der Waals surface area (Å²) in [4.78, 5) is 36.3. The second-order valence-corrected chi connectivity index (χ2v) is 9.09. The maximum Gasteiger partial charge on any atom is 0.408 e. The van der Waals surface area contributed by atoms with Crippen LogP contribution in [0.3, 0.4) is 0 Å². The number of benzene rings is 2. The molecule has 0 saturated heterocycles. The van der Waals surface area contributed by atoms with E-state index in [2.05, 4.69) is 22.8 Å². The normalized spacial score (nSPS) is 19.7. The summed E-state index contributed by atoms with van der Waals surface area (Å²) in [6, 6.07) is 16.0. The van der Waals surface area contributed by atoms with Gasteiger partial charge in [-0.1, -0.05) is 48.5 Å². The first-order valence-electron chi connectivity index (χ1n) is 10.9. The fourth-order valence-corrected chi connectivity index (χ4v) is 4.65. The summed E-state index contributed by atoms with van der Waals surface area (Å²) in [6.07, 6.45) is 0.897. The quantitative estimate of drug-likeness (QED) is 0.641. The second-order valence-electron chi connectivity index (χ2n) is 9.09. The highest BCUT2D eigenvalue weighted by Gasteiger charge is 2.36. The third-order valence-corrected chi connectivity index (χ3v) is 6.44. The Balaban J connectivity index is 1.35. The van der Waals surface area contributed by atoms with E-state index in [9.17, 15) is 14.4 Å². The largest absolute Gasteiger partial charge is 0.481 e. The van der Waals surface area contributed by atoms with Gasteiger partial charge in [-0.15, -0.1) is 0 Å². The number of carboxylic acid groups (broad SMARTS) is 1. The number of carboxylic acids is 1. The Hall–Kier alpha value is -3.35. The van der Waals surface area contributed by atoms with E-state index in [1.807, 2.05) is 36.4 Å². The van der Waals surface area contributed by atoms with Crippen LogP contribution < -0.4 is 10.6 Å². The number of alkyl carbamates (subject to hydrolysis) is 1. The van der Waals surface area contributed by atoms with E-state index < -0.39 is 23.5 Å². The minimum absolute atomic E-state index is 0.0588. The van der Waals surface area contributed by atoms with Gasteiger partial charge in [0.05, 0.1) is 5.92 Å². The number of nitrogens with one attached hydrogen (secondary N) is 2. The molecule has 0 spiro atoms. The molecule has 3 N–H and O–H groups in total. The average molecular weight is 437 g/mol. The zero-order chi connectivity index (χ0) is 22.9. The number of rotatable bonds is 6. The number of aliphatic carboxylic acids is 1. The smallest absolute Gasteiger partial charge is 0.408 e. The van der Waals surface area contributed by atoms with Crippen LogP contribution in [0.5, 0.6) is 0 Å². The van der Waals surface area contributed by atoms with Crippen molar-refractivity contribution in [2.75, 3.05) is 6.61 Å². The van der Waals surface area contributed by atoms with Crippen molar-refractivity contribution in [2.45, 2.75) is 50.6 Å². The molecule has 2 aliphatic carbocycles. The molecule has 7 heteroatoms. The molecule has 0 heterocycles. The molecule has 7 nitrogen and oxygen atoms in total. The Kier molecular flexibility index (Phi) is 5.91. The van der Waals surface area contributed by atoms with Gasteiger partial charge in [0, 0.05) is 12.0 Å². The first-order chi connectivity index (χ1) is 15.3. The van der Waals surface area contributed by atoms with Gasteiger partial charge in [-0.25, -0.2) is 4.79 Å². The highest BCUT2D eigenvalue weighted by atomic mass is 16.5. The summed E-state index contributed by atoms with van der Waals surface area (Å²) in [5, 5.41) is 14.6. The van der Waals surface area contributed by atoms with E-state index in [4.69, 9.17) is 9.84 Å². The highest BCUT2D eigenvalue weighted by Crippen LogP contribution is 2.44. The number of carbonyl (C=O) groups excluding carboxylic acids is 2. The van der Waals surface area contributed by atoms with Crippen LogP contribution in [0, 0.1) is 5.92 Å². The predicted molar refractivity (Wildman–Crippen MR) is 119 cm³/mol. The van der Waals surface area contributed by atoms with Gasteiger partial charge in [0.15, 0.2) is 0 Å². The van der Waals surface area contributed by atoms with Crippen LogP contribution in [0.4, 0.5) is 4.79 Å². The van der Waals surface area contributed by atoms with Crippen LogP contribution in [-0.2, 0) is 14.3 Å². The van der Waals surface area contributed by atoms with Crippen LogP contribution in [0.1, 0.15) is 50.2 Å². The van der Waals surface area contributed by atoms with E-state index in [0.29, 0.717) is 19.3 Å². The molecule has 0 radical (unpaired) electrons. The molecular weight excluding hydrogens is 408 g/mol. The Bertz CT molecular complexity index is 1000. The molecular formula is C25H28N2O5. The minimum atomic E-state index is -1.19. The number of fused-ring (bicyclic) bond motifs is 3. The van der Waals surface area contributed by atoms with Crippen molar-refractivity contribution < 1.29 is 24.2 Å². The summed E-state index contributed by atoms with van der Waals surface area (Å²) in [7, 11) is 0. The van der Waals surface area contributed by atoms with Crippen molar-refractivity contribution in [3.05, 3.63) is 59.7 Å². The molecule has 0 bridgehead atoms. The molecule has 32 heavy (non-hydrogen) atoms. The summed E-state index contributed by atoms with van der Waals surface area (Å²) in [6.45, 7) is 3.38. The van der Waals surface area contributed by atoms with Crippen LogP contribution in [0.15, 0.2) is 48.5 Å². The molecule has 1 saturated carbocycles. The summed E-state index contributed by atoms with van der Waals surface area (Å²) in [5.41, 5.74) is 3.34. The molecule has 4 rings (SSSR count). The molecule has 2 aromatic carbocycles. The molecule has 2 aromatic rings. The Morgan fingerprint density at radius 1 is 1.00 bits per heavy atom. The van der Waals surface area contributed by atoms with E-state index in [0.717, 1.165) is 22.3 Å². The lowest BCUT2D eigenvalue weighted by molar-refractivity contribution is -0.141. The molecule has 2 amide bonds. The van der Waals surface area contributed by atoms with E-state index in [1.54, 1.807) is 13.8 Å². The zero-order valence-electron chi connectivity index (χ0n) is 18.3. The molecule has 0 aromatic heterocycles. The van der Waals surface area contributed by atoms with Crippen molar-refractivity contribution in [1.29, 1.82) is 0 Å². The lowest BCUT2D eigenvalue weighted by Gasteiger charge is -2.27. The van der Waals surface area contributed by atoms with E-state index in [1.165, 1.54) is 0 Å². The van der Waals surface area contributed by atoms with Gasteiger partial charge in [-0.05, 0) is 55.4 Å². The highest BCUT2D eigenvalue weighted by molar-refractivity contribution is 5.89. The Morgan fingerprint density at radius 2 is 1.59 bits per heavy atom. The summed E-state index contributed by atoms with van der Waals surface area (Å²) >= 11 is 0. The lowest BCUT2D eigenvalue weighted by Crippen LogP contribution is -2.56. The van der Waals surface area contributed by atoms with Crippen molar-refractivity contribution in [3.8, 4) is 11.1 Å². The Labute approximate surface area is 187 Å². The van der Waals surface area contributed by atoms with Gasteiger partial charge in [0.2, 0.25) is 5.91 Å². The first kappa shape index (κ1) is 21.9. The number of hydrogen-bond acceptors (Lipinski definition) is 4. The first-order valence-corrected chi connectivity index (χ1v) is 10.9. The molecule has 0 unspecified atom stereocenters. The standard InChI is InChI=1S/C25H28N2O5/c1-25(2,23(30)26-16-12-11-15(13-16)22(28)29)27-24(31)32-14-21-19-9-5-3-7-17(19)18-8-4-6-10-20(18)21/h3-10,15-16,21H,11-14H2,1-2H3,(H,26,30)(H,27,31)(H,28,29)/t15-,16+/m0/s1. The number of ether oxygens (including phenoxy) is 1. The monoisotopic (exact) mass is 436 g/mol. The van der Waals surface area contributed by atoms with E-state index >= 15 is 0 Å². The average Bonchev–Trinajstić information content (AvgIpc) is 3.35. The number of carbonyl (C=O) groups is 3. The van der Waals surface area contributed by atoms with Gasteiger partial charge in [0.1, 0.15) is 12.1 Å². The van der Waals surface area contributed by atoms with Gasteiger partial charge >= 0.3 is 12.1 Å². The van der Waals surface area contributed by atoms with Gasteiger partial charge < -0.3 is 20.5 Å². The Morgan fingerprint density at radius 3 is 2.16 bits per heavy atom. The number of amides is 2. The summed E-state index contributed by atoms with van der Waals surface area (Å²) in [5.74, 6) is -1.69.